The molecule has 0 spiro atoms. The molecule has 0 aromatic rings. The topological polar surface area (TPSA) is 9.23 Å². The predicted octanol–water partition coefficient (Wildman–Crippen LogP) is 2.42. The third-order valence-electron chi connectivity index (χ3n) is 2.13. The maximum atomic E-state index is 5.33. The van der Waals surface area contributed by atoms with E-state index in [-0.39, 0.29) is 5.60 Å². The van der Waals surface area contributed by atoms with Gasteiger partial charge in [-0.1, -0.05) is 20.8 Å². The lowest BCUT2D eigenvalue weighted by Gasteiger charge is -2.27. The van der Waals surface area contributed by atoms with Gasteiger partial charge in [0.05, 0.1) is 5.60 Å². The van der Waals surface area contributed by atoms with Crippen molar-refractivity contribution in [3.8, 4) is 0 Å². The number of methoxy groups -OCH3 is 1. The molecule has 1 nitrogen and oxygen atoms in total. The summed E-state index contributed by atoms with van der Waals surface area (Å²) in [6, 6.07) is 0. The molecule has 0 fully saturated rings. The van der Waals surface area contributed by atoms with Crippen molar-refractivity contribution in [1.82, 2.24) is 0 Å². The standard InChI is InChI=1S/C8H17O/c1-5-8(6-2,7-3)9-4/h5H,6-7H2,1-4H3. The first kappa shape index (κ1) is 8.96. The molecular formula is C8H17O. The van der Waals surface area contributed by atoms with Gasteiger partial charge in [0.2, 0.25) is 0 Å². The molecular weight excluding hydrogens is 112 g/mol. The fourth-order valence-corrected chi connectivity index (χ4v) is 1.06. The average molecular weight is 129 g/mol. The van der Waals surface area contributed by atoms with Gasteiger partial charge in [0.15, 0.2) is 0 Å². The molecule has 0 unspecified atom stereocenters. The van der Waals surface area contributed by atoms with Crippen molar-refractivity contribution in [2.24, 2.45) is 0 Å². The highest BCUT2D eigenvalue weighted by Gasteiger charge is 2.22. The molecule has 0 atom stereocenters. The minimum Gasteiger partial charge on any atom is -0.378 e. The van der Waals surface area contributed by atoms with Crippen LogP contribution in [-0.4, -0.2) is 12.7 Å². The van der Waals surface area contributed by atoms with Gasteiger partial charge in [-0.3, -0.25) is 0 Å². The SMILES string of the molecule is C[CH]C(CC)(CC)OC. The molecule has 0 N–H and O–H groups in total. The highest BCUT2D eigenvalue weighted by Crippen LogP contribution is 2.21. The molecule has 0 saturated heterocycles. The van der Waals surface area contributed by atoms with E-state index in [1.165, 1.54) is 0 Å². The van der Waals surface area contributed by atoms with Crippen LogP contribution in [0, 0.1) is 6.42 Å². The molecule has 0 aromatic heterocycles. The molecule has 0 heterocycles. The molecule has 1 heteroatoms. The van der Waals surface area contributed by atoms with Gasteiger partial charge in [0.25, 0.3) is 0 Å². The minimum absolute atomic E-state index is 0.0417. The first-order valence-corrected chi connectivity index (χ1v) is 3.60. The van der Waals surface area contributed by atoms with E-state index in [1.807, 2.05) is 0 Å². The van der Waals surface area contributed by atoms with E-state index in [0.29, 0.717) is 0 Å². The van der Waals surface area contributed by atoms with Crippen LogP contribution in [0.2, 0.25) is 0 Å². The number of ether oxygens (including phenoxy) is 1. The molecule has 0 bridgehead atoms. The molecule has 0 saturated carbocycles. The third-order valence-corrected chi connectivity index (χ3v) is 2.13. The van der Waals surface area contributed by atoms with Gasteiger partial charge in [-0.2, -0.15) is 0 Å². The van der Waals surface area contributed by atoms with Crippen molar-refractivity contribution in [2.75, 3.05) is 7.11 Å². The molecule has 0 rings (SSSR count). The molecule has 0 amide bonds. The Morgan fingerprint density at radius 1 is 1.33 bits per heavy atom. The summed E-state index contributed by atoms with van der Waals surface area (Å²) >= 11 is 0. The zero-order valence-corrected chi connectivity index (χ0v) is 6.90. The Balaban J connectivity index is 3.82. The van der Waals surface area contributed by atoms with Gasteiger partial charge in [0, 0.05) is 7.11 Å². The summed E-state index contributed by atoms with van der Waals surface area (Å²) in [6.45, 7) is 6.34. The second-order valence-corrected chi connectivity index (χ2v) is 2.26. The van der Waals surface area contributed by atoms with Crippen LogP contribution in [-0.2, 0) is 4.74 Å². The fraction of sp³-hybridized carbons (Fsp3) is 0.875. The van der Waals surface area contributed by atoms with Gasteiger partial charge in [-0.25, -0.2) is 0 Å². The summed E-state index contributed by atoms with van der Waals surface area (Å²) in [7, 11) is 1.77. The van der Waals surface area contributed by atoms with Crippen LogP contribution >= 0.6 is 0 Å². The largest absolute Gasteiger partial charge is 0.378 e. The van der Waals surface area contributed by atoms with Gasteiger partial charge in [-0.15, -0.1) is 0 Å². The zero-order chi connectivity index (χ0) is 7.33. The Hall–Kier alpha value is -0.0400. The summed E-state index contributed by atoms with van der Waals surface area (Å²) < 4.78 is 5.33. The van der Waals surface area contributed by atoms with E-state index >= 15 is 0 Å². The Morgan fingerprint density at radius 3 is 1.78 bits per heavy atom. The molecule has 0 aliphatic heterocycles. The van der Waals surface area contributed by atoms with Crippen LogP contribution in [0.4, 0.5) is 0 Å². The van der Waals surface area contributed by atoms with Crippen LogP contribution in [0.15, 0.2) is 0 Å². The molecule has 9 heavy (non-hydrogen) atoms. The maximum absolute atomic E-state index is 5.33. The second-order valence-electron chi connectivity index (χ2n) is 2.26. The number of hydrogen-bond donors (Lipinski definition) is 0. The zero-order valence-electron chi connectivity index (χ0n) is 6.90. The summed E-state index contributed by atoms with van der Waals surface area (Å²) in [5, 5.41) is 0. The number of hydrogen-bond acceptors (Lipinski definition) is 1. The smallest absolute Gasteiger partial charge is 0.0702 e. The second kappa shape index (κ2) is 3.89. The van der Waals surface area contributed by atoms with Crippen LogP contribution in [0.3, 0.4) is 0 Å². The van der Waals surface area contributed by atoms with Crippen molar-refractivity contribution >= 4 is 0 Å². The summed E-state index contributed by atoms with van der Waals surface area (Å²) in [4.78, 5) is 0. The molecule has 1 radical (unpaired) electrons. The Kier molecular flexibility index (Phi) is 3.87. The van der Waals surface area contributed by atoms with Crippen molar-refractivity contribution in [3.05, 3.63) is 6.42 Å². The normalized spacial score (nSPS) is 12.0. The summed E-state index contributed by atoms with van der Waals surface area (Å²) in [5.41, 5.74) is 0.0417. The molecule has 0 aliphatic carbocycles. The van der Waals surface area contributed by atoms with E-state index in [4.69, 9.17) is 4.74 Å². The Labute approximate surface area is 58.4 Å². The highest BCUT2D eigenvalue weighted by atomic mass is 16.5. The summed E-state index contributed by atoms with van der Waals surface area (Å²) in [6.07, 6.45) is 4.26. The van der Waals surface area contributed by atoms with Crippen molar-refractivity contribution in [3.63, 3.8) is 0 Å². The highest BCUT2D eigenvalue weighted by molar-refractivity contribution is 4.88. The lowest BCUT2D eigenvalue weighted by Crippen LogP contribution is -2.28. The molecule has 0 aliphatic rings. The first-order valence-electron chi connectivity index (χ1n) is 3.60. The van der Waals surface area contributed by atoms with E-state index in [2.05, 4.69) is 27.2 Å². The lowest BCUT2D eigenvalue weighted by molar-refractivity contribution is 0.0121. The van der Waals surface area contributed by atoms with Crippen LogP contribution in [0.5, 0.6) is 0 Å². The van der Waals surface area contributed by atoms with Crippen molar-refractivity contribution in [2.45, 2.75) is 39.2 Å². The van der Waals surface area contributed by atoms with Crippen LogP contribution in [0.1, 0.15) is 33.6 Å². The Morgan fingerprint density at radius 2 is 1.78 bits per heavy atom. The van der Waals surface area contributed by atoms with Gasteiger partial charge >= 0.3 is 0 Å². The van der Waals surface area contributed by atoms with Crippen LogP contribution < -0.4 is 0 Å². The minimum atomic E-state index is 0.0417. The Bertz CT molecular complexity index is 47.5. The van der Waals surface area contributed by atoms with Gasteiger partial charge in [-0.05, 0) is 19.3 Å². The maximum Gasteiger partial charge on any atom is 0.0702 e. The van der Waals surface area contributed by atoms with Crippen molar-refractivity contribution in [1.29, 1.82) is 0 Å². The van der Waals surface area contributed by atoms with Crippen LogP contribution in [0.25, 0.3) is 0 Å². The van der Waals surface area contributed by atoms with Gasteiger partial charge in [0.1, 0.15) is 0 Å². The van der Waals surface area contributed by atoms with Gasteiger partial charge < -0.3 is 4.74 Å². The molecule has 0 aromatic carbocycles. The molecule has 55 valence electrons. The third kappa shape index (κ3) is 1.98. The number of rotatable bonds is 4. The van der Waals surface area contributed by atoms with E-state index in [0.717, 1.165) is 12.8 Å². The fourth-order valence-electron chi connectivity index (χ4n) is 1.06. The monoisotopic (exact) mass is 129 g/mol. The van der Waals surface area contributed by atoms with E-state index in [9.17, 15) is 0 Å². The predicted molar refractivity (Wildman–Crippen MR) is 40.3 cm³/mol. The first-order chi connectivity index (χ1) is 4.24. The summed E-state index contributed by atoms with van der Waals surface area (Å²) in [5.74, 6) is 0. The van der Waals surface area contributed by atoms with E-state index in [1.54, 1.807) is 7.11 Å². The average Bonchev–Trinajstić information content (AvgIpc) is 1.95. The van der Waals surface area contributed by atoms with E-state index < -0.39 is 0 Å². The lowest BCUT2D eigenvalue weighted by atomic mass is 9.94. The van der Waals surface area contributed by atoms with Crippen molar-refractivity contribution < 1.29 is 4.74 Å². The quantitative estimate of drug-likeness (QED) is 0.566.